The van der Waals surface area contributed by atoms with E-state index in [1.165, 1.54) is 12.8 Å². The van der Waals surface area contributed by atoms with E-state index in [9.17, 15) is 14.4 Å². The summed E-state index contributed by atoms with van der Waals surface area (Å²) in [7, 11) is 0. The van der Waals surface area contributed by atoms with Crippen LogP contribution in [-0.4, -0.2) is 37.2 Å². The summed E-state index contributed by atoms with van der Waals surface area (Å²) in [5, 5.41) is 0. The molecule has 0 amide bonds. The van der Waals surface area contributed by atoms with Gasteiger partial charge in [-0.3, -0.25) is 14.4 Å². The Morgan fingerprint density at radius 2 is 0.607 bits per heavy atom. The largest absolute Gasteiger partial charge is 0.462 e. The van der Waals surface area contributed by atoms with Gasteiger partial charge in [0.2, 0.25) is 0 Å². The van der Waals surface area contributed by atoms with Gasteiger partial charge in [-0.05, 0) is 116 Å². The van der Waals surface area contributed by atoms with Gasteiger partial charge >= 0.3 is 17.9 Å². The predicted octanol–water partition coefficient (Wildman–Crippen LogP) is 15.7. The summed E-state index contributed by atoms with van der Waals surface area (Å²) in [6.07, 6.45) is 66.2. The van der Waals surface area contributed by atoms with Crippen LogP contribution in [-0.2, 0) is 28.6 Å². The zero-order valence-electron chi connectivity index (χ0n) is 38.9. The Labute approximate surface area is 373 Å². The number of hydrogen-bond acceptors (Lipinski definition) is 6. The fourth-order valence-corrected chi connectivity index (χ4v) is 5.94. The molecular formula is C55H86O6. The summed E-state index contributed by atoms with van der Waals surface area (Å²) >= 11 is 0. The molecule has 0 heterocycles. The average molecular weight is 843 g/mol. The van der Waals surface area contributed by atoms with E-state index in [2.05, 4.69) is 142 Å². The normalized spacial score (nSPS) is 13.2. The molecule has 0 spiro atoms. The van der Waals surface area contributed by atoms with E-state index in [1.807, 2.05) is 0 Å². The lowest BCUT2D eigenvalue weighted by Crippen LogP contribution is -2.30. The van der Waals surface area contributed by atoms with Crippen LogP contribution in [0.4, 0.5) is 0 Å². The van der Waals surface area contributed by atoms with E-state index in [0.717, 1.165) is 128 Å². The molecule has 1 unspecified atom stereocenters. The van der Waals surface area contributed by atoms with Gasteiger partial charge in [0.05, 0.1) is 0 Å². The van der Waals surface area contributed by atoms with Crippen molar-refractivity contribution in [3.8, 4) is 0 Å². The van der Waals surface area contributed by atoms with Crippen molar-refractivity contribution in [1.29, 1.82) is 0 Å². The van der Waals surface area contributed by atoms with E-state index in [4.69, 9.17) is 14.2 Å². The molecule has 0 aromatic carbocycles. The van der Waals surface area contributed by atoms with Crippen LogP contribution in [0.5, 0.6) is 0 Å². The summed E-state index contributed by atoms with van der Waals surface area (Å²) in [4.78, 5) is 37.8. The highest BCUT2D eigenvalue weighted by molar-refractivity contribution is 5.71. The molecule has 0 aliphatic rings. The second-order valence-electron chi connectivity index (χ2n) is 15.2. The smallest absolute Gasteiger partial charge is 0.306 e. The van der Waals surface area contributed by atoms with Gasteiger partial charge < -0.3 is 14.2 Å². The maximum Gasteiger partial charge on any atom is 0.306 e. The van der Waals surface area contributed by atoms with Crippen molar-refractivity contribution >= 4 is 17.9 Å². The van der Waals surface area contributed by atoms with Gasteiger partial charge in [-0.25, -0.2) is 0 Å². The van der Waals surface area contributed by atoms with Gasteiger partial charge in [0, 0.05) is 19.3 Å². The Morgan fingerprint density at radius 3 is 1.00 bits per heavy atom. The molecule has 0 aliphatic carbocycles. The number of rotatable bonds is 41. The maximum absolute atomic E-state index is 12.8. The summed E-state index contributed by atoms with van der Waals surface area (Å²) in [6, 6.07) is 0. The molecule has 1 atom stereocenters. The molecule has 342 valence electrons. The molecular weight excluding hydrogens is 757 g/mol. The lowest BCUT2D eigenvalue weighted by Gasteiger charge is -2.18. The minimum Gasteiger partial charge on any atom is -0.462 e. The first-order valence-electron chi connectivity index (χ1n) is 24.0. The summed E-state index contributed by atoms with van der Waals surface area (Å²) in [5.41, 5.74) is 0. The maximum atomic E-state index is 12.8. The Kier molecular flexibility index (Phi) is 45.1. The fourth-order valence-electron chi connectivity index (χ4n) is 5.94. The number of allylic oxidation sites excluding steroid dienone is 20. The molecule has 0 aliphatic heterocycles. The zero-order chi connectivity index (χ0) is 44.4. The lowest BCUT2D eigenvalue weighted by atomic mass is 10.1. The number of ether oxygens (including phenoxy) is 3. The minimum absolute atomic E-state index is 0.120. The molecule has 0 N–H and O–H groups in total. The Balaban J connectivity index is 4.53. The molecule has 6 nitrogen and oxygen atoms in total. The van der Waals surface area contributed by atoms with Crippen LogP contribution in [0.1, 0.15) is 188 Å². The van der Waals surface area contributed by atoms with Crippen LogP contribution < -0.4 is 0 Å². The SMILES string of the molecule is CC/C=C\C/C=C\C/C=C\C/C=C\CCCCCC(=O)OCC(COC(=O)CCC/C=C\C/C=C\C/C=C\CC)OC(=O)CCCCCCCC/C=C\C/C=C\C/C=C\CC. The first-order valence-corrected chi connectivity index (χ1v) is 24.0. The lowest BCUT2D eigenvalue weighted by molar-refractivity contribution is -0.167. The van der Waals surface area contributed by atoms with E-state index in [1.54, 1.807) is 0 Å². The first kappa shape index (κ1) is 56.8. The topological polar surface area (TPSA) is 78.9 Å². The third-order valence-corrected chi connectivity index (χ3v) is 9.44. The molecule has 0 aromatic heterocycles. The monoisotopic (exact) mass is 843 g/mol. The van der Waals surface area contributed by atoms with E-state index in [-0.39, 0.29) is 37.5 Å². The predicted molar refractivity (Wildman–Crippen MR) is 260 cm³/mol. The number of esters is 3. The summed E-state index contributed by atoms with van der Waals surface area (Å²) in [6.45, 7) is 6.18. The molecule has 6 heteroatoms. The number of unbranched alkanes of at least 4 members (excludes halogenated alkanes) is 10. The molecule has 0 radical (unpaired) electrons. The van der Waals surface area contributed by atoms with Gasteiger partial charge in [-0.2, -0.15) is 0 Å². The van der Waals surface area contributed by atoms with Crippen molar-refractivity contribution in [3.05, 3.63) is 122 Å². The van der Waals surface area contributed by atoms with Gasteiger partial charge in [-0.1, -0.05) is 174 Å². The highest BCUT2D eigenvalue weighted by Crippen LogP contribution is 2.12. The van der Waals surface area contributed by atoms with Gasteiger partial charge in [-0.15, -0.1) is 0 Å². The highest BCUT2D eigenvalue weighted by Gasteiger charge is 2.19. The van der Waals surface area contributed by atoms with Gasteiger partial charge in [0.25, 0.3) is 0 Å². The van der Waals surface area contributed by atoms with Crippen LogP contribution in [0.25, 0.3) is 0 Å². The third-order valence-electron chi connectivity index (χ3n) is 9.44. The summed E-state index contributed by atoms with van der Waals surface area (Å²) < 4.78 is 16.7. The molecule has 0 aromatic rings. The van der Waals surface area contributed by atoms with Gasteiger partial charge in [0.1, 0.15) is 13.2 Å². The van der Waals surface area contributed by atoms with Crippen LogP contribution in [0.2, 0.25) is 0 Å². The molecule has 0 rings (SSSR count). The van der Waals surface area contributed by atoms with Crippen molar-refractivity contribution in [3.63, 3.8) is 0 Å². The van der Waals surface area contributed by atoms with Crippen molar-refractivity contribution in [2.24, 2.45) is 0 Å². The zero-order valence-corrected chi connectivity index (χ0v) is 38.9. The van der Waals surface area contributed by atoms with Crippen LogP contribution in [0.3, 0.4) is 0 Å². The van der Waals surface area contributed by atoms with Crippen molar-refractivity contribution < 1.29 is 28.6 Å². The Bertz CT molecular complexity index is 1340. The number of hydrogen-bond donors (Lipinski definition) is 0. The van der Waals surface area contributed by atoms with E-state index >= 15 is 0 Å². The molecule has 0 saturated carbocycles. The first-order chi connectivity index (χ1) is 30.0. The van der Waals surface area contributed by atoms with Crippen LogP contribution in [0, 0.1) is 0 Å². The average Bonchev–Trinajstić information content (AvgIpc) is 3.26. The standard InChI is InChI=1S/C55H86O6/c1-4-7-10-13-16-19-22-24-26-28-30-33-36-39-42-45-48-54(57)60-51-52(50-59-53(56)47-44-41-38-35-32-21-18-15-12-9-6-3)61-55(58)49-46-43-40-37-34-31-29-27-25-23-20-17-14-11-8-5-2/h7-12,16-21,24-27,30,33,35,38,52H,4-6,13-15,22-23,28-29,31-32,34,36-37,39-51H2,1-3H3/b10-7-,11-8-,12-9-,19-16-,20-17-,21-18-,26-24-,27-25-,33-30-,38-35-. The number of carbonyl (C=O) groups excluding carboxylic acids is 3. The van der Waals surface area contributed by atoms with Crippen molar-refractivity contribution in [2.45, 2.75) is 194 Å². The van der Waals surface area contributed by atoms with Crippen molar-refractivity contribution in [1.82, 2.24) is 0 Å². The van der Waals surface area contributed by atoms with Gasteiger partial charge in [0.15, 0.2) is 6.10 Å². The van der Waals surface area contributed by atoms with Crippen molar-refractivity contribution in [2.75, 3.05) is 13.2 Å². The summed E-state index contributed by atoms with van der Waals surface area (Å²) in [5.74, 6) is -1.03. The fraction of sp³-hybridized carbons (Fsp3) is 0.582. The third kappa shape index (κ3) is 46.7. The second kappa shape index (κ2) is 48.5. The van der Waals surface area contributed by atoms with E-state index < -0.39 is 6.10 Å². The minimum atomic E-state index is -0.821. The quantitative estimate of drug-likeness (QED) is 0.0264. The van der Waals surface area contributed by atoms with Crippen LogP contribution in [0.15, 0.2) is 122 Å². The molecule has 61 heavy (non-hydrogen) atoms. The Hall–Kier alpha value is -4.19. The van der Waals surface area contributed by atoms with Crippen LogP contribution >= 0.6 is 0 Å². The Morgan fingerprint density at radius 1 is 0.328 bits per heavy atom. The van der Waals surface area contributed by atoms with E-state index in [0.29, 0.717) is 19.3 Å². The molecule has 0 fully saturated rings. The molecule has 0 saturated heterocycles. The molecule has 0 bridgehead atoms. The number of carbonyl (C=O) groups is 3. The second-order valence-corrected chi connectivity index (χ2v) is 15.2. The highest BCUT2D eigenvalue weighted by atomic mass is 16.6.